The topological polar surface area (TPSA) is 77.8 Å². The standard InChI is InChI=1S/C7H12O4/c1-2-5(9)7(11)6(10)3-4-8/h2,4-7,9-11H,1,3H2. The van der Waals surface area contributed by atoms with E-state index >= 15 is 0 Å². The van der Waals surface area contributed by atoms with Crippen molar-refractivity contribution in [3.8, 4) is 0 Å². The van der Waals surface area contributed by atoms with Gasteiger partial charge in [0, 0.05) is 6.42 Å². The van der Waals surface area contributed by atoms with E-state index in [-0.39, 0.29) is 6.42 Å². The fourth-order valence-electron chi connectivity index (χ4n) is 0.605. The van der Waals surface area contributed by atoms with Crippen LogP contribution in [0, 0.1) is 0 Å². The number of rotatable bonds is 5. The van der Waals surface area contributed by atoms with Gasteiger partial charge >= 0.3 is 0 Å². The number of aliphatic hydroxyl groups is 3. The lowest BCUT2D eigenvalue weighted by Crippen LogP contribution is -2.36. The van der Waals surface area contributed by atoms with Crippen LogP contribution in [0.2, 0.25) is 0 Å². The smallest absolute Gasteiger partial charge is 0.122 e. The number of carbonyl (C=O) groups excluding carboxylic acids is 1. The summed E-state index contributed by atoms with van der Waals surface area (Å²) in [4.78, 5) is 9.85. The minimum absolute atomic E-state index is 0.188. The molecule has 0 aliphatic heterocycles. The molecule has 0 aromatic carbocycles. The molecular weight excluding hydrogens is 148 g/mol. The Kier molecular flexibility index (Phi) is 4.69. The minimum Gasteiger partial charge on any atom is -0.390 e. The van der Waals surface area contributed by atoms with Crippen molar-refractivity contribution < 1.29 is 20.1 Å². The molecule has 0 radical (unpaired) electrons. The van der Waals surface area contributed by atoms with Crippen molar-refractivity contribution in [2.75, 3.05) is 0 Å². The van der Waals surface area contributed by atoms with Gasteiger partial charge < -0.3 is 20.1 Å². The van der Waals surface area contributed by atoms with Crippen molar-refractivity contribution in [3.05, 3.63) is 12.7 Å². The Morgan fingerprint density at radius 1 is 1.36 bits per heavy atom. The fraction of sp³-hybridized carbons (Fsp3) is 0.571. The van der Waals surface area contributed by atoms with Crippen molar-refractivity contribution in [2.45, 2.75) is 24.7 Å². The van der Waals surface area contributed by atoms with Crippen LogP contribution >= 0.6 is 0 Å². The summed E-state index contributed by atoms with van der Waals surface area (Å²) in [7, 11) is 0. The number of aliphatic hydroxyl groups excluding tert-OH is 3. The molecule has 0 spiro atoms. The van der Waals surface area contributed by atoms with Gasteiger partial charge in [-0.3, -0.25) is 0 Å². The molecule has 3 N–H and O–H groups in total. The second kappa shape index (κ2) is 5.01. The molecule has 3 atom stereocenters. The lowest BCUT2D eigenvalue weighted by molar-refractivity contribution is -0.112. The van der Waals surface area contributed by atoms with E-state index in [0.717, 1.165) is 6.08 Å². The van der Waals surface area contributed by atoms with Crippen LogP contribution in [-0.2, 0) is 4.79 Å². The van der Waals surface area contributed by atoms with Gasteiger partial charge in [-0.2, -0.15) is 0 Å². The third-order valence-corrected chi connectivity index (χ3v) is 1.32. The van der Waals surface area contributed by atoms with Crippen LogP contribution in [0.1, 0.15) is 6.42 Å². The van der Waals surface area contributed by atoms with E-state index in [1.165, 1.54) is 0 Å². The molecule has 0 saturated heterocycles. The van der Waals surface area contributed by atoms with Crippen LogP contribution in [0.4, 0.5) is 0 Å². The predicted octanol–water partition coefficient (Wildman–Crippen LogP) is -1.16. The maximum Gasteiger partial charge on any atom is 0.122 e. The summed E-state index contributed by atoms with van der Waals surface area (Å²) in [5.41, 5.74) is 0. The Hall–Kier alpha value is -0.710. The summed E-state index contributed by atoms with van der Waals surface area (Å²) in [5.74, 6) is 0. The molecule has 11 heavy (non-hydrogen) atoms. The van der Waals surface area contributed by atoms with E-state index in [0.29, 0.717) is 6.29 Å². The van der Waals surface area contributed by atoms with E-state index in [4.69, 9.17) is 15.3 Å². The molecule has 0 aromatic heterocycles. The highest BCUT2D eigenvalue weighted by Crippen LogP contribution is 2.02. The lowest BCUT2D eigenvalue weighted by atomic mass is 10.1. The van der Waals surface area contributed by atoms with Crippen molar-refractivity contribution >= 4 is 6.29 Å². The molecule has 0 rings (SSSR count). The average Bonchev–Trinajstić information content (AvgIpc) is 2.02. The molecule has 0 amide bonds. The highest BCUT2D eigenvalue weighted by atomic mass is 16.4. The highest BCUT2D eigenvalue weighted by molar-refractivity contribution is 5.50. The average molecular weight is 160 g/mol. The van der Waals surface area contributed by atoms with Crippen molar-refractivity contribution in [3.63, 3.8) is 0 Å². The van der Waals surface area contributed by atoms with Crippen molar-refractivity contribution in [2.24, 2.45) is 0 Å². The number of hydrogen-bond donors (Lipinski definition) is 3. The zero-order valence-electron chi connectivity index (χ0n) is 6.05. The zero-order chi connectivity index (χ0) is 8.85. The number of carbonyl (C=O) groups is 1. The van der Waals surface area contributed by atoms with Gasteiger partial charge in [0.2, 0.25) is 0 Å². The SMILES string of the molecule is C=CC(O)C(O)C(O)CC=O. The molecule has 0 aromatic rings. The second-order valence-corrected chi connectivity index (χ2v) is 2.19. The quantitative estimate of drug-likeness (QED) is 0.350. The summed E-state index contributed by atoms with van der Waals surface area (Å²) in [6, 6.07) is 0. The van der Waals surface area contributed by atoms with Gasteiger partial charge in [0.15, 0.2) is 0 Å². The summed E-state index contributed by atoms with van der Waals surface area (Å²) in [6.07, 6.45) is -2.36. The summed E-state index contributed by atoms with van der Waals surface area (Å²) >= 11 is 0. The van der Waals surface area contributed by atoms with Gasteiger partial charge in [-0.15, -0.1) is 6.58 Å². The number of hydrogen-bond acceptors (Lipinski definition) is 4. The largest absolute Gasteiger partial charge is 0.390 e. The molecule has 0 saturated carbocycles. The van der Waals surface area contributed by atoms with Crippen molar-refractivity contribution in [1.29, 1.82) is 0 Å². The van der Waals surface area contributed by atoms with Gasteiger partial charge in [-0.25, -0.2) is 0 Å². The Morgan fingerprint density at radius 2 is 1.91 bits per heavy atom. The van der Waals surface area contributed by atoms with Crippen LogP contribution in [0.3, 0.4) is 0 Å². The Bertz CT molecular complexity index is 134. The third-order valence-electron chi connectivity index (χ3n) is 1.32. The van der Waals surface area contributed by atoms with Gasteiger partial charge in [0.05, 0.1) is 6.10 Å². The van der Waals surface area contributed by atoms with E-state index in [9.17, 15) is 4.79 Å². The molecule has 4 heteroatoms. The molecule has 4 nitrogen and oxygen atoms in total. The summed E-state index contributed by atoms with van der Waals surface area (Å²) in [5, 5.41) is 26.8. The fourth-order valence-corrected chi connectivity index (χ4v) is 0.605. The Balaban J connectivity index is 3.88. The first kappa shape index (κ1) is 10.3. The van der Waals surface area contributed by atoms with Gasteiger partial charge in [-0.1, -0.05) is 6.08 Å². The van der Waals surface area contributed by atoms with Crippen LogP contribution in [0.25, 0.3) is 0 Å². The second-order valence-electron chi connectivity index (χ2n) is 2.19. The Labute approximate surface area is 64.8 Å². The van der Waals surface area contributed by atoms with Gasteiger partial charge in [0.25, 0.3) is 0 Å². The van der Waals surface area contributed by atoms with E-state index < -0.39 is 18.3 Å². The highest BCUT2D eigenvalue weighted by Gasteiger charge is 2.21. The van der Waals surface area contributed by atoms with Crippen LogP contribution < -0.4 is 0 Å². The zero-order valence-corrected chi connectivity index (χ0v) is 6.05. The number of aldehydes is 1. The first-order valence-electron chi connectivity index (χ1n) is 3.24. The minimum atomic E-state index is -1.34. The van der Waals surface area contributed by atoms with Gasteiger partial charge in [-0.05, 0) is 0 Å². The molecule has 0 aliphatic carbocycles. The summed E-state index contributed by atoms with van der Waals surface area (Å²) in [6.45, 7) is 3.21. The van der Waals surface area contributed by atoms with E-state index in [1.54, 1.807) is 0 Å². The van der Waals surface area contributed by atoms with Crippen LogP contribution in [0.15, 0.2) is 12.7 Å². The molecule has 3 unspecified atom stereocenters. The molecular formula is C7H12O4. The molecule has 0 bridgehead atoms. The Morgan fingerprint density at radius 3 is 2.27 bits per heavy atom. The lowest BCUT2D eigenvalue weighted by Gasteiger charge is -2.18. The molecule has 0 fully saturated rings. The molecule has 0 heterocycles. The van der Waals surface area contributed by atoms with E-state index in [1.807, 2.05) is 0 Å². The predicted molar refractivity (Wildman–Crippen MR) is 38.9 cm³/mol. The first-order chi connectivity index (χ1) is 5.13. The van der Waals surface area contributed by atoms with Crippen LogP contribution in [0.5, 0.6) is 0 Å². The normalized spacial score (nSPS) is 18.5. The van der Waals surface area contributed by atoms with E-state index in [2.05, 4.69) is 6.58 Å². The maximum atomic E-state index is 9.85. The maximum absolute atomic E-state index is 9.85. The molecule has 64 valence electrons. The van der Waals surface area contributed by atoms with Crippen LogP contribution in [-0.4, -0.2) is 39.9 Å². The first-order valence-corrected chi connectivity index (χ1v) is 3.24. The monoisotopic (exact) mass is 160 g/mol. The molecule has 0 aliphatic rings. The summed E-state index contributed by atoms with van der Waals surface area (Å²) < 4.78 is 0. The third kappa shape index (κ3) is 3.27. The van der Waals surface area contributed by atoms with Crippen molar-refractivity contribution in [1.82, 2.24) is 0 Å². The van der Waals surface area contributed by atoms with Gasteiger partial charge in [0.1, 0.15) is 18.5 Å².